The van der Waals surface area contributed by atoms with Crippen LogP contribution in [0.2, 0.25) is 0 Å². The number of nitrogens with zero attached hydrogens (tertiary/aromatic N) is 3. The van der Waals surface area contributed by atoms with E-state index < -0.39 is 0 Å². The van der Waals surface area contributed by atoms with Gasteiger partial charge in [-0.25, -0.2) is 9.89 Å². The van der Waals surface area contributed by atoms with Crippen LogP contribution < -0.4 is 4.90 Å². The van der Waals surface area contributed by atoms with Gasteiger partial charge in [0.05, 0.1) is 5.69 Å². The Morgan fingerprint density at radius 2 is 1.79 bits per heavy atom. The van der Waals surface area contributed by atoms with Crippen LogP contribution in [0.1, 0.15) is 43.4 Å². The SMILES string of the molecule is CCCCN(CC)C1=NC(Cc2ccccc2)C(=O)N1c1ccc(C)c(C)c1. The van der Waals surface area contributed by atoms with Crippen LogP contribution in [0.4, 0.5) is 5.69 Å². The molecule has 1 aliphatic rings. The van der Waals surface area contributed by atoms with Crippen LogP contribution in [0, 0.1) is 13.8 Å². The molecule has 1 aliphatic heterocycles. The molecule has 0 N–H and O–H groups in total. The normalized spacial score (nSPS) is 16.4. The highest BCUT2D eigenvalue weighted by atomic mass is 16.2. The number of carbonyl (C=O) groups excluding carboxylic acids is 1. The van der Waals surface area contributed by atoms with Crippen molar-refractivity contribution in [2.24, 2.45) is 4.99 Å². The van der Waals surface area contributed by atoms with Crippen molar-refractivity contribution in [1.29, 1.82) is 0 Å². The van der Waals surface area contributed by atoms with E-state index >= 15 is 0 Å². The van der Waals surface area contributed by atoms with E-state index in [1.165, 1.54) is 11.1 Å². The predicted molar refractivity (Wildman–Crippen MR) is 117 cm³/mol. The van der Waals surface area contributed by atoms with Gasteiger partial charge in [0.25, 0.3) is 5.91 Å². The molecule has 0 bridgehead atoms. The van der Waals surface area contributed by atoms with Crippen LogP contribution in [0.25, 0.3) is 0 Å². The van der Waals surface area contributed by atoms with E-state index in [9.17, 15) is 4.79 Å². The number of hydrogen-bond acceptors (Lipinski definition) is 3. The number of carbonyl (C=O) groups is 1. The highest BCUT2D eigenvalue weighted by Gasteiger charge is 2.38. The largest absolute Gasteiger partial charge is 0.342 e. The van der Waals surface area contributed by atoms with Gasteiger partial charge in [0.15, 0.2) is 0 Å². The molecule has 1 atom stereocenters. The summed E-state index contributed by atoms with van der Waals surface area (Å²) in [6.45, 7) is 10.3. The standard InChI is InChI=1S/C24H31N3O/c1-5-7-15-26(6-2)24-25-22(17-20-11-9-8-10-12-20)23(28)27(24)21-14-13-18(3)19(4)16-21/h8-14,16,22H,5-7,15,17H2,1-4H3. The fraction of sp³-hybridized carbons (Fsp3) is 0.417. The van der Waals surface area contributed by atoms with E-state index in [1.54, 1.807) is 0 Å². The van der Waals surface area contributed by atoms with Gasteiger partial charge in [-0.05, 0) is 56.0 Å². The lowest BCUT2D eigenvalue weighted by Gasteiger charge is -2.29. The summed E-state index contributed by atoms with van der Waals surface area (Å²) >= 11 is 0. The predicted octanol–water partition coefficient (Wildman–Crippen LogP) is 4.74. The fourth-order valence-corrected chi connectivity index (χ4v) is 3.55. The Hall–Kier alpha value is -2.62. The number of anilines is 1. The fourth-order valence-electron chi connectivity index (χ4n) is 3.55. The average Bonchev–Trinajstić information content (AvgIpc) is 3.01. The Kier molecular flexibility index (Phi) is 6.50. The monoisotopic (exact) mass is 377 g/mol. The van der Waals surface area contributed by atoms with Crippen molar-refractivity contribution in [3.63, 3.8) is 0 Å². The maximum Gasteiger partial charge on any atom is 0.259 e. The summed E-state index contributed by atoms with van der Waals surface area (Å²) in [7, 11) is 0. The minimum Gasteiger partial charge on any atom is -0.342 e. The Morgan fingerprint density at radius 3 is 2.43 bits per heavy atom. The van der Waals surface area contributed by atoms with Gasteiger partial charge in [-0.2, -0.15) is 0 Å². The average molecular weight is 378 g/mol. The molecule has 0 saturated heterocycles. The Bertz CT molecular complexity index is 844. The lowest BCUT2D eigenvalue weighted by molar-refractivity contribution is -0.118. The Balaban J connectivity index is 1.96. The molecule has 1 heterocycles. The van der Waals surface area contributed by atoms with Gasteiger partial charge >= 0.3 is 0 Å². The van der Waals surface area contributed by atoms with Gasteiger partial charge in [-0.1, -0.05) is 49.7 Å². The quantitative estimate of drug-likeness (QED) is 0.699. The lowest BCUT2D eigenvalue weighted by atomic mass is 10.1. The van der Waals surface area contributed by atoms with E-state index in [0.717, 1.165) is 43.1 Å². The van der Waals surface area contributed by atoms with E-state index in [1.807, 2.05) is 29.2 Å². The second-order valence-electron chi connectivity index (χ2n) is 7.51. The number of aliphatic imine (C=N–C) groups is 1. The summed E-state index contributed by atoms with van der Waals surface area (Å²) < 4.78 is 0. The first-order valence-corrected chi connectivity index (χ1v) is 10.3. The smallest absolute Gasteiger partial charge is 0.259 e. The van der Waals surface area contributed by atoms with Crippen molar-refractivity contribution in [2.75, 3.05) is 18.0 Å². The minimum atomic E-state index is -0.366. The number of hydrogen-bond donors (Lipinski definition) is 0. The Labute approximate surface area is 168 Å². The van der Waals surface area contributed by atoms with Crippen molar-refractivity contribution < 1.29 is 4.79 Å². The highest BCUT2D eigenvalue weighted by molar-refractivity contribution is 6.22. The number of guanidine groups is 1. The molecule has 0 aliphatic carbocycles. The van der Waals surface area contributed by atoms with Gasteiger partial charge in [0, 0.05) is 19.5 Å². The van der Waals surface area contributed by atoms with Crippen molar-refractivity contribution in [3.8, 4) is 0 Å². The van der Waals surface area contributed by atoms with E-state index in [4.69, 9.17) is 4.99 Å². The summed E-state index contributed by atoms with van der Waals surface area (Å²) in [5.74, 6) is 0.863. The van der Waals surface area contributed by atoms with E-state index in [2.05, 4.69) is 56.9 Å². The molecule has 0 aromatic heterocycles. The van der Waals surface area contributed by atoms with Crippen molar-refractivity contribution in [3.05, 3.63) is 65.2 Å². The summed E-state index contributed by atoms with van der Waals surface area (Å²) in [5, 5.41) is 0. The zero-order valence-electron chi connectivity index (χ0n) is 17.5. The molecule has 148 valence electrons. The molecular formula is C24H31N3O. The minimum absolute atomic E-state index is 0.0667. The van der Waals surface area contributed by atoms with Crippen molar-refractivity contribution in [1.82, 2.24) is 4.90 Å². The molecule has 2 aromatic rings. The first-order chi connectivity index (χ1) is 13.5. The number of rotatable bonds is 7. The summed E-state index contributed by atoms with van der Waals surface area (Å²) in [5.41, 5.74) is 4.47. The van der Waals surface area contributed by atoms with Crippen LogP contribution in [0.15, 0.2) is 53.5 Å². The van der Waals surface area contributed by atoms with Gasteiger partial charge in [0.1, 0.15) is 6.04 Å². The molecular weight excluding hydrogens is 346 g/mol. The third kappa shape index (κ3) is 4.27. The molecule has 0 spiro atoms. The van der Waals surface area contributed by atoms with Crippen LogP contribution in [-0.4, -0.2) is 35.9 Å². The van der Waals surface area contributed by atoms with Crippen molar-refractivity contribution in [2.45, 2.75) is 53.0 Å². The Morgan fingerprint density at radius 1 is 1.04 bits per heavy atom. The second-order valence-corrected chi connectivity index (χ2v) is 7.51. The molecule has 4 nitrogen and oxygen atoms in total. The summed E-state index contributed by atoms with van der Waals surface area (Å²) in [6.07, 6.45) is 2.84. The zero-order chi connectivity index (χ0) is 20.1. The number of unbranched alkanes of at least 4 members (excludes halogenated alkanes) is 1. The molecule has 3 rings (SSSR count). The molecule has 1 unspecified atom stereocenters. The van der Waals surface area contributed by atoms with Crippen molar-refractivity contribution >= 4 is 17.6 Å². The maximum absolute atomic E-state index is 13.4. The summed E-state index contributed by atoms with van der Waals surface area (Å²) in [6, 6.07) is 16.0. The maximum atomic E-state index is 13.4. The molecule has 0 fully saturated rings. The number of benzene rings is 2. The first-order valence-electron chi connectivity index (χ1n) is 10.3. The third-order valence-corrected chi connectivity index (χ3v) is 5.44. The van der Waals surface area contributed by atoms with Gasteiger partial charge in [0.2, 0.25) is 5.96 Å². The third-order valence-electron chi connectivity index (χ3n) is 5.44. The van der Waals surface area contributed by atoms with E-state index in [0.29, 0.717) is 6.42 Å². The molecule has 28 heavy (non-hydrogen) atoms. The highest BCUT2D eigenvalue weighted by Crippen LogP contribution is 2.27. The van der Waals surface area contributed by atoms with Crippen LogP contribution in [0.5, 0.6) is 0 Å². The molecule has 4 heteroatoms. The number of aryl methyl sites for hydroxylation is 2. The zero-order valence-corrected chi connectivity index (χ0v) is 17.5. The van der Waals surface area contributed by atoms with Gasteiger partial charge < -0.3 is 4.90 Å². The number of amides is 1. The van der Waals surface area contributed by atoms with Crippen LogP contribution in [-0.2, 0) is 11.2 Å². The van der Waals surface area contributed by atoms with Crippen LogP contribution in [0.3, 0.4) is 0 Å². The first kappa shape index (κ1) is 20.1. The molecule has 2 aromatic carbocycles. The topological polar surface area (TPSA) is 35.9 Å². The van der Waals surface area contributed by atoms with E-state index in [-0.39, 0.29) is 11.9 Å². The summed E-state index contributed by atoms with van der Waals surface area (Å²) in [4.78, 5) is 22.4. The molecule has 1 amide bonds. The van der Waals surface area contributed by atoms with Crippen LogP contribution >= 0.6 is 0 Å². The molecule has 0 radical (unpaired) electrons. The lowest BCUT2D eigenvalue weighted by Crippen LogP contribution is -2.45. The second kappa shape index (κ2) is 9.05. The van der Waals surface area contributed by atoms with Gasteiger partial charge in [-0.3, -0.25) is 4.79 Å². The molecule has 0 saturated carbocycles. The van der Waals surface area contributed by atoms with Gasteiger partial charge in [-0.15, -0.1) is 0 Å².